The van der Waals surface area contributed by atoms with Crippen LogP contribution in [0.1, 0.15) is 33.0 Å². The Balaban J connectivity index is 1.81. The van der Waals surface area contributed by atoms with E-state index >= 15 is 0 Å². The van der Waals surface area contributed by atoms with Crippen LogP contribution in [0, 0.1) is 11.2 Å². The van der Waals surface area contributed by atoms with Gasteiger partial charge in [-0.15, -0.1) is 10.2 Å². The second-order valence-electron chi connectivity index (χ2n) is 7.02. The minimum Gasteiger partial charge on any atom is -0.351 e. The summed E-state index contributed by atoms with van der Waals surface area (Å²) in [6, 6.07) is 6.29. The van der Waals surface area contributed by atoms with Gasteiger partial charge in [-0.05, 0) is 30.7 Å². The molecule has 2 heterocycles. The molecule has 0 radical (unpaired) electrons. The summed E-state index contributed by atoms with van der Waals surface area (Å²) in [5.41, 5.74) is 0.417. The zero-order valence-electron chi connectivity index (χ0n) is 13.6. The highest BCUT2D eigenvalue weighted by Gasteiger charge is 2.28. The number of carbonyl (C=O) groups is 1. The van der Waals surface area contributed by atoms with Gasteiger partial charge in [0.2, 0.25) is 5.91 Å². The highest BCUT2D eigenvalue weighted by molar-refractivity contribution is 5.81. The number of hydrogen-bond donors (Lipinski definition) is 1. The van der Waals surface area contributed by atoms with Crippen LogP contribution in [0.15, 0.2) is 24.3 Å². The maximum atomic E-state index is 13.1. The molecule has 0 bridgehead atoms. The molecule has 1 aliphatic rings. The van der Waals surface area contributed by atoms with Gasteiger partial charge in [0.1, 0.15) is 11.6 Å². The Hall–Kier alpha value is -2.24. The highest BCUT2D eigenvalue weighted by Crippen LogP contribution is 2.24. The molecule has 1 aromatic carbocycles. The molecule has 1 aromatic heterocycles. The average Bonchev–Trinajstić information content (AvgIpc) is 2.90. The molecule has 0 spiro atoms. The van der Waals surface area contributed by atoms with E-state index in [0.29, 0.717) is 6.54 Å². The van der Waals surface area contributed by atoms with Crippen molar-refractivity contribution in [3.05, 3.63) is 35.9 Å². The lowest BCUT2D eigenvalue weighted by Gasteiger charge is -2.28. The zero-order valence-corrected chi connectivity index (χ0v) is 13.6. The van der Waals surface area contributed by atoms with E-state index in [9.17, 15) is 9.18 Å². The van der Waals surface area contributed by atoms with Crippen LogP contribution in [-0.4, -0.2) is 26.7 Å². The SMILES string of the molecule is CC(C)(C)C(=O)N[C@@H]1CCc2nnc(-c3ccc(F)cc3)n2C1. The van der Waals surface area contributed by atoms with Crippen molar-refractivity contribution in [2.45, 2.75) is 46.2 Å². The summed E-state index contributed by atoms with van der Waals surface area (Å²) >= 11 is 0. The number of fused-ring (bicyclic) bond motifs is 1. The van der Waals surface area contributed by atoms with Gasteiger partial charge in [0, 0.05) is 30.0 Å². The van der Waals surface area contributed by atoms with Crippen LogP contribution >= 0.6 is 0 Å². The van der Waals surface area contributed by atoms with Gasteiger partial charge in [0.05, 0.1) is 0 Å². The Labute approximate surface area is 134 Å². The van der Waals surface area contributed by atoms with Crippen LogP contribution in [0.25, 0.3) is 11.4 Å². The van der Waals surface area contributed by atoms with E-state index in [-0.39, 0.29) is 17.8 Å². The number of aromatic nitrogens is 3. The second-order valence-corrected chi connectivity index (χ2v) is 7.02. The van der Waals surface area contributed by atoms with Gasteiger partial charge in [0.15, 0.2) is 5.82 Å². The van der Waals surface area contributed by atoms with Gasteiger partial charge in [-0.1, -0.05) is 20.8 Å². The lowest BCUT2D eigenvalue weighted by atomic mass is 9.94. The van der Waals surface area contributed by atoms with E-state index < -0.39 is 5.41 Å². The molecule has 3 rings (SSSR count). The Kier molecular flexibility index (Phi) is 3.92. The standard InChI is InChI=1S/C17H21FN4O/c1-17(2,3)16(23)19-13-8-9-14-20-21-15(22(14)10-13)11-4-6-12(18)7-5-11/h4-7,13H,8-10H2,1-3H3,(H,19,23)/t13-/m1/s1. The molecule has 1 aliphatic heterocycles. The number of rotatable bonds is 2. The number of hydrogen-bond acceptors (Lipinski definition) is 3. The maximum absolute atomic E-state index is 13.1. The smallest absolute Gasteiger partial charge is 0.225 e. The van der Waals surface area contributed by atoms with Gasteiger partial charge < -0.3 is 9.88 Å². The topological polar surface area (TPSA) is 59.8 Å². The molecule has 2 aromatic rings. The first-order valence-corrected chi connectivity index (χ1v) is 7.83. The minimum atomic E-state index is -0.409. The molecule has 0 fully saturated rings. The molecule has 0 saturated carbocycles. The number of nitrogens with zero attached hydrogens (tertiary/aromatic N) is 3. The van der Waals surface area contributed by atoms with Crippen LogP contribution in [0.2, 0.25) is 0 Å². The van der Waals surface area contributed by atoms with Crippen molar-refractivity contribution >= 4 is 5.91 Å². The second kappa shape index (κ2) is 5.76. The highest BCUT2D eigenvalue weighted by atomic mass is 19.1. The molecule has 1 N–H and O–H groups in total. The third-order valence-corrected chi connectivity index (χ3v) is 4.07. The summed E-state index contributed by atoms with van der Waals surface area (Å²) < 4.78 is 15.1. The van der Waals surface area contributed by atoms with Gasteiger partial charge in [-0.25, -0.2) is 4.39 Å². The normalized spacial score (nSPS) is 17.7. The summed E-state index contributed by atoms with van der Waals surface area (Å²) in [7, 11) is 0. The monoisotopic (exact) mass is 316 g/mol. The Morgan fingerprint density at radius 1 is 1.26 bits per heavy atom. The molecule has 23 heavy (non-hydrogen) atoms. The van der Waals surface area contributed by atoms with E-state index in [4.69, 9.17) is 0 Å². The maximum Gasteiger partial charge on any atom is 0.225 e. The number of nitrogens with one attached hydrogen (secondary N) is 1. The quantitative estimate of drug-likeness (QED) is 0.926. The predicted octanol–water partition coefficient (Wildman–Crippen LogP) is 2.56. The fourth-order valence-corrected chi connectivity index (χ4v) is 2.66. The zero-order chi connectivity index (χ0) is 16.6. The largest absolute Gasteiger partial charge is 0.351 e. The van der Waals surface area contributed by atoms with Crippen molar-refractivity contribution in [1.29, 1.82) is 0 Å². The molecular weight excluding hydrogens is 295 g/mol. The van der Waals surface area contributed by atoms with Gasteiger partial charge >= 0.3 is 0 Å². The third-order valence-electron chi connectivity index (χ3n) is 4.07. The van der Waals surface area contributed by atoms with Crippen LogP contribution in [-0.2, 0) is 17.8 Å². The number of amides is 1. The minimum absolute atomic E-state index is 0.0438. The molecule has 0 unspecified atom stereocenters. The predicted molar refractivity (Wildman–Crippen MR) is 85.1 cm³/mol. The first-order valence-electron chi connectivity index (χ1n) is 7.83. The van der Waals surface area contributed by atoms with Crippen LogP contribution in [0.5, 0.6) is 0 Å². The molecule has 1 amide bonds. The molecule has 122 valence electrons. The fourth-order valence-electron chi connectivity index (χ4n) is 2.66. The Bertz CT molecular complexity index is 715. The van der Waals surface area contributed by atoms with Crippen molar-refractivity contribution in [1.82, 2.24) is 20.1 Å². The summed E-state index contributed by atoms with van der Waals surface area (Å²) in [5, 5.41) is 11.6. The molecular formula is C17H21FN4O. The summed E-state index contributed by atoms with van der Waals surface area (Å²) in [4.78, 5) is 12.2. The van der Waals surface area contributed by atoms with Crippen LogP contribution in [0.3, 0.4) is 0 Å². The van der Waals surface area contributed by atoms with E-state index in [1.807, 2.05) is 25.3 Å². The van der Waals surface area contributed by atoms with Gasteiger partial charge in [-0.3, -0.25) is 4.79 Å². The van der Waals surface area contributed by atoms with Crippen molar-refractivity contribution in [3.63, 3.8) is 0 Å². The Morgan fingerprint density at radius 3 is 2.61 bits per heavy atom. The first kappa shape index (κ1) is 15.6. The van der Waals surface area contributed by atoms with Gasteiger partial charge in [0.25, 0.3) is 0 Å². The summed E-state index contributed by atoms with van der Waals surface area (Å²) in [5.74, 6) is 1.39. The van der Waals surface area contributed by atoms with Crippen molar-refractivity contribution in [2.24, 2.45) is 5.41 Å². The van der Waals surface area contributed by atoms with E-state index in [0.717, 1.165) is 30.1 Å². The third kappa shape index (κ3) is 3.25. The number of aryl methyl sites for hydroxylation is 1. The van der Waals surface area contributed by atoms with Crippen LogP contribution < -0.4 is 5.32 Å². The Morgan fingerprint density at radius 2 is 1.96 bits per heavy atom. The van der Waals surface area contributed by atoms with Gasteiger partial charge in [-0.2, -0.15) is 0 Å². The van der Waals surface area contributed by atoms with E-state index in [1.54, 1.807) is 12.1 Å². The summed E-state index contributed by atoms with van der Waals surface area (Å²) in [6.07, 6.45) is 1.62. The molecule has 6 heteroatoms. The first-order chi connectivity index (χ1) is 10.8. The number of halogens is 1. The van der Waals surface area contributed by atoms with Crippen molar-refractivity contribution in [2.75, 3.05) is 0 Å². The molecule has 0 aliphatic carbocycles. The average molecular weight is 316 g/mol. The van der Waals surface area contributed by atoms with Crippen molar-refractivity contribution in [3.8, 4) is 11.4 Å². The van der Waals surface area contributed by atoms with E-state index in [2.05, 4.69) is 15.5 Å². The lowest BCUT2D eigenvalue weighted by molar-refractivity contribution is -0.129. The fraction of sp³-hybridized carbons (Fsp3) is 0.471. The molecule has 1 atom stereocenters. The lowest BCUT2D eigenvalue weighted by Crippen LogP contribution is -2.45. The molecule has 0 saturated heterocycles. The molecule has 5 nitrogen and oxygen atoms in total. The van der Waals surface area contributed by atoms with E-state index in [1.165, 1.54) is 12.1 Å². The van der Waals surface area contributed by atoms with Crippen molar-refractivity contribution < 1.29 is 9.18 Å². The number of carbonyl (C=O) groups excluding carboxylic acids is 1. The van der Waals surface area contributed by atoms with Crippen LogP contribution in [0.4, 0.5) is 4.39 Å². The number of benzene rings is 1. The summed E-state index contributed by atoms with van der Waals surface area (Å²) in [6.45, 7) is 6.34.